The topological polar surface area (TPSA) is 103 Å². The minimum atomic E-state index is -1.36. The Bertz CT molecular complexity index is 1260. The first kappa shape index (κ1) is 23.3. The lowest BCUT2D eigenvalue weighted by Crippen LogP contribution is -2.64. The molecule has 0 fully saturated rings. The number of amides is 2. The minimum Gasteiger partial charge on any atom is -0.495 e. The van der Waals surface area contributed by atoms with Crippen molar-refractivity contribution < 1.29 is 23.9 Å². The van der Waals surface area contributed by atoms with Gasteiger partial charge in [0.1, 0.15) is 17.0 Å². The molecule has 1 aromatic heterocycles. The first-order valence-corrected chi connectivity index (χ1v) is 10.8. The number of nitrogens with zero attached hydrogens (tertiary/aromatic N) is 3. The van der Waals surface area contributed by atoms with Crippen molar-refractivity contribution in [2.24, 2.45) is 0 Å². The van der Waals surface area contributed by atoms with Crippen molar-refractivity contribution in [3.63, 3.8) is 0 Å². The molecule has 0 saturated heterocycles. The summed E-state index contributed by atoms with van der Waals surface area (Å²) in [5, 5.41) is 3.19. The third-order valence-electron chi connectivity index (χ3n) is 5.77. The second-order valence-electron chi connectivity index (χ2n) is 7.96. The fraction of sp³-hybridized carbons (Fsp3) is 0.250. The van der Waals surface area contributed by atoms with Gasteiger partial charge in [-0.15, -0.1) is 0 Å². The summed E-state index contributed by atoms with van der Waals surface area (Å²) in [6.45, 7) is 2.00. The summed E-state index contributed by atoms with van der Waals surface area (Å²) in [4.78, 5) is 45.0. The molecular weight excluding hydrogens is 460 g/mol. The lowest BCUT2D eigenvalue weighted by Gasteiger charge is -2.43. The molecule has 1 aliphatic rings. The average molecular weight is 483 g/mol. The van der Waals surface area contributed by atoms with Gasteiger partial charge in [-0.25, -0.2) is 9.78 Å². The van der Waals surface area contributed by atoms with Crippen LogP contribution in [-0.2, 0) is 22.6 Å². The van der Waals surface area contributed by atoms with Crippen LogP contribution in [0, 0.1) is 0 Å². The van der Waals surface area contributed by atoms with Crippen LogP contribution in [0.4, 0.5) is 5.69 Å². The van der Waals surface area contributed by atoms with Gasteiger partial charge < -0.3 is 19.4 Å². The Balaban J connectivity index is 1.78. The van der Waals surface area contributed by atoms with Gasteiger partial charge in [0.15, 0.2) is 5.69 Å². The predicted octanol–water partition coefficient (Wildman–Crippen LogP) is 3.07. The largest absolute Gasteiger partial charge is 0.495 e. The SMILES string of the molecule is COC(=O)c1ncn2c1C(=O)N(c1ccc(OC)c(Cl)c1)C(C)(C(=O)NCc1ccccc1)C2. The molecule has 2 heterocycles. The number of carbonyl (C=O) groups is 3. The van der Waals surface area contributed by atoms with Gasteiger partial charge in [0, 0.05) is 12.2 Å². The van der Waals surface area contributed by atoms with E-state index in [1.165, 1.54) is 30.0 Å². The van der Waals surface area contributed by atoms with Crippen LogP contribution in [0.1, 0.15) is 33.5 Å². The fourth-order valence-electron chi connectivity index (χ4n) is 4.04. The van der Waals surface area contributed by atoms with Gasteiger partial charge >= 0.3 is 5.97 Å². The number of esters is 1. The van der Waals surface area contributed by atoms with E-state index in [1.54, 1.807) is 25.1 Å². The Morgan fingerprint density at radius 2 is 1.91 bits per heavy atom. The van der Waals surface area contributed by atoms with Crippen LogP contribution in [-0.4, -0.2) is 47.1 Å². The van der Waals surface area contributed by atoms with Gasteiger partial charge in [0.05, 0.1) is 32.1 Å². The molecule has 9 nitrogen and oxygen atoms in total. The van der Waals surface area contributed by atoms with Crippen molar-refractivity contribution >= 4 is 35.1 Å². The van der Waals surface area contributed by atoms with E-state index in [4.69, 9.17) is 21.1 Å². The van der Waals surface area contributed by atoms with Crippen LogP contribution >= 0.6 is 11.6 Å². The number of ether oxygens (including phenoxy) is 2. The van der Waals surface area contributed by atoms with Crippen LogP contribution in [0.25, 0.3) is 0 Å². The Morgan fingerprint density at radius 3 is 2.56 bits per heavy atom. The standard InChI is InChI=1S/C24H23ClN4O5/c1-24(23(32)26-12-15-7-5-4-6-8-15)13-28-14-27-19(22(31)34-3)20(28)21(30)29(24)16-9-10-18(33-2)17(25)11-16/h4-11,14H,12-13H2,1-3H3,(H,26,32). The maximum atomic E-state index is 13.8. The Morgan fingerprint density at radius 1 is 1.18 bits per heavy atom. The van der Waals surface area contributed by atoms with Crippen LogP contribution in [0.3, 0.4) is 0 Å². The molecular formula is C24H23ClN4O5. The van der Waals surface area contributed by atoms with Crippen molar-refractivity contribution in [3.8, 4) is 5.75 Å². The number of fused-ring (bicyclic) bond motifs is 1. The highest BCUT2D eigenvalue weighted by atomic mass is 35.5. The molecule has 2 amide bonds. The monoisotopic (exact) mass is 482 g/mol. The number of rotatable bonds is 6. The average Bonchev–Trinajstić information content (AvgIpc) is 3.26. The highest BCUT2D eigenvalue weighted by molar-refractivity contribution is 6.32. The molecule has 0 spiro atoms. The zero-order valence-corrected chi connectivity index (χ0v) is 19.6. The Labute approximate surface area is 201 Å². The van der Waals surface area contributed by atoms with Crippen molar-refractivity contribution in [1.82, 2.24) is 14.9 Å². The molecule has 0 saturated carbocycles. The molecule has 34 heavy (non-hydrogen) atoms. The van der Waals surface area contributed by atoms with Crippen LogP contribution in [0.5, 0.6) is 5.75 Å². The number of halogens is 1. The van der Waals surface area contributed by atoms with E-state index in [0.29, 0.717) is 11.4 Å². The quantitative estimate of drug-likeness (QED) is 0.542. The third-order valence-corrected chi connectivity index (χ3v) is 6.07. The number of anilines is 1. The number of benzene rings is 2. The maximum absolute atomic E-state index is 13.8. The molecule has 1 N–H and O–H groups in total. The van der Waals surface area contributed by atoms with E-state index in [0.717, 1.165) is 5.56 Å². The molecule has 1 atom stereocenters. The van der Waals surface area contributed by atoms with E-state index >= 15 is 0 Å². The van der Waals surface area contributed by atoms with Crippen LogP contribution in [0.15, 0.2) is 54.9 Å². The van der Waals surface area contributed by atoms with E-state index < -0.39 is 17.4 Å². The van der Waals surface area contributed by atoms with E-state index in [9.17, 15) is 14.4 Å². The smallest absolute Gasteiger partial charge is 0.359 e. The van der Waals surface area contributed by atoms with Crippen LogP contribution < -0.4 is 15.0 Å². The van der Waals surface area contributed by atoms with Gasteiger partial charge in [-0.05, 0) is 30.7 Å². The molecule has 3 aromatic rings. The molecule has 1 aliphatic heterocycles. The number of aromatic nitrogens is 2. The van der Waals surface area contributed by atoms with Gasteiger partial charge in [-0.2, -0.15) is 0 Å². The summed E-state index contributed by atoms with van der Waals surface area (Å²) in [6, 6.07) is 14.2. The molecule has 2 aromatic carbocycles. The number of nitrogens with one attached hydrogen (secondary N) is 1. The van der Waals surface area contributed by atoms with E-state index in [-0.39, 0.29) is 35.4 Å². The highest BCUT2D eigenvalue weighted by Gasteiger charge is 2.49. The summed E-state index contributed by atoms with van der Waals surface area (Å²) in [5.41, 5.74) is -0.158. The summed E-state index contributed by atoms with van der Waals surface area (Å²) in [5.74, 6) is -1.28. The van der Waals surface area contributed by atoms with Gasteiger partial charge in [-0.1, -0.05) is 41.9 Å². The van der Waals surface area contributed by atoms with Crippen molar-refractivity contribution in [2.45, 2.75) is 25.6 Å². The second kappa shape index (κ2) is 9.18. The summed E-state index contributed by atoms with van der Waals surface area (Å²) in [7, 11) is 2.69. The summed E-state index contributed by atoms with van der Waals surface area (Å²) >= 11 is 6.34. The zero-order chi connectivity index (χ0) is 24.5. The first-order chi connectivity index (χ1) is 16.3. The van der Waals surface area contributed by atoms with Crippen molar-refractivity contribution in [1.29, 1.82) is 0 Å². The highest BCUT2D eigenvalue weighted by Crippen LogP contribution is 2.37. The molecule has 4 rings (SSSR count). The molecule has 1 unspecified atom stereocenters. The van der Waals surface area contributed by atoms with Crippen molar-refractivity contribution in [3.05, 3.63) is 76.8 Å². The Hall–Kier alpha value is -3.85. The fourth-order valence-corrected chi connectivity index (χ4v) is 4.30. The molecule has 10 heteroatoms. The third kappa shape index (κ3) is 3.99. The normalized spacial score (nSPS) is 17.2. The second-order valence-corrected chi connectivity index (χ2v) is 8.37. The number of hydrogen-bond acceptors (Lipinski definition) is 6. The van der Waals surface area contributed by atoms with Gasteiger partial charge in [0.2, 0.25) is 5.91 Å². The van der Waals surface area contributed by atoms with Gasteiger partial charge in [-0.3, -0.25) is 14.5 Å². The number of methoxy groups -OCH3 is 2. The van der Waals surface area contributed by atoms with Crippen molar-refractivity contribution in [2.75, 3.05) is 19.1 Å². The molecule has 0 radical (unpaired) electrons. The predicted molar refractivity (Wildman–Crippen MR) is 125 cm³/mol. The number of carbonyl (C=O) groups excluding carboxylic acids is 3. The van der Waals surface area contributed by atoms with Gasteiger partial charge in [0.25, 0.3) is 5.91 Å². The maximum Gasteiger partial charge on any atom is 0.359 e. The summed E-state index contributed by atoms with van der Waals surface area (Å²) in [6.07, 6.45) is 1.36. The van der Waals surface area contributed by atoms with E-state index in [2.05, 4.69) is 10.3 Å². The lowest BCUT2D eigenvalue weighted by atomic mass is 9.93. The zero-order valence-electron chi connectivity index (χ0n) is 18.9. The van der Waals surface area contributed by atoms with E-state index in [1.807, 2.05) is 30.3 Å². The minimum absolute atomic E-state index is 0.0344. The molecule has 0 bridgehead atoms. The lowest BCUT2D eigenvalue weighted by molar-refractivity contribution is -0.126. The molecule has 176 valence electrons. The van der Waals surface area contributed by atoms with Crippen LogP contribution in [0.2, 0.25) is 5.02 Å². The Kier molecular flexibility index (Phi) is 6.30. The number of imidazole rings is 1. The number of hydrogen-bond donors (Lipinski definition) is 1. The first-order valence-electron chi connectivity index (χ1n) is 10.4. The molecule has 0 aliphatic carbocycles. The summed E-state index contributed by atoms with van der Waals surface area (Å²) < 4.78 is 11.5.